The first-order chi connectivity index (χ1) is 10.5. The van der Waals surface area contributed by atoms with Crippen molar-refractivity contribution in [3.63, 3.8) is 0 Å². The van der Waals surface area contributed by atoms with Gasteiger partial charge >= 0.3 is 0 Å². The number of carbonyl (C=O) groups is 2. The van der Waals surface area contributed by atoms with Crippen LogP contribution >= 0.6 is 11.6 Å². The fraction of sp³-hybridized carbons (Fsp3) is 0.529. The Balaban J connectivity index is 1.95. The van der Waals surface area contributed by atoms with E-state index in [0.29, 0.717) is 18.1 Å². The number of anilines is 1. The van der Waals surface area contributed by atoms with Crippen molar-refractivity contribution in [2.45, 2.75) is 39.5 Å². The molecule has 1 fully saturated rings. The SMILES string of the molecule is CCCCCNC(=O)[C@H]1CC(=O)N(c2ccc(C)c(Cl)c2)C1. The van der Waals surface area contributed by atoms with Crippen molar-refractivity contribution in [1.82, 2.24) is 5.32 Å². The van der Waals surface area contributed by atoms with Crippen molar-refractivity contribution in [1.29, 1.82) is 0 Å². The number of hydrogen-bond acceptors (Lipinski definition) is 2. The van der Waals surface area contributed by atoms with Gasteiger partial charge in [0.05, 0.1) is 5.92 Å². The first-order valence-electron chi connectivity index (χ1n) is 7.87. The van der Waals surface area contributed by atoms with E-state index < -0.39 is 0 Å². The summed E-state index contributed by atoms with van der Waals surface area (Å²) in [6.45, 7) is 5.16. The highest BCUT2D eigenvalue weighted by Gasteiger charge is 2.35. The molecule has 0 unspecified atom stereocenters. The lowest BCUT2D eigenvalue weighted by Crippen LogP contribution is -2.33. The minimum absolute atomic E-state index is 0.0198. The van der Waals surface area contributed by atoms with E-state index in [9.17, 15) is 9.59 Å². The smallest absolute Gasteiger partial charge is 0.227 e. The van der Waals surface area contributed by atoms with Gasteiger partial charge in [-0.25, -0.2) is 0 Å². The molecule has 0 aliphatic carbocycles. The molecule has 1 heterocycles. The molecule has 5 heteroatoms. The number of nitrogens with one attached hydrogen (secondary N) is 1. The number of unbranched alkanes of at least 4 members (excludes halogenated alkanes) is 2. The Bertz CT molecular complexity index is 560. The summed E-state index contributed by atoms with van der Waals surface area (Å²) in [5, 5.41) is 3.57. The summed E-state index contributed by atoms with van der Waals surface area (Å²) in [6.07, 6.45) is 3.49. The number of aryl methyl sites for hydroxylation is 1. The Hall–Kier alpha value is -1.55. The molecule has 1 aliphatic heterocycles. The lowest BCUT2D eigenvalue weighted by atomic mass is 10.1. The van der Waals surface area contributed by atoms with Crippen molar-refractivity contribution in [2.75, 3.05) is 18.0 Å². The number of nitrogens with zero attached hydrogens (tertiary/aromatic N) is 1. The third-order valence-corrected chi connectivity index (χ3v) is 4.45. The van der Waals surface area contributed by atoms with Crippen LogP contribution in [0.5, 0.6) is 0 Å². The number of benzene rings is 1. The molecule has 2 rings (SSSR count). The summed E-state index contributed by atoms with van der Waals surface area (Å²) >= 11 is 6.12. The van der Waals surface area contributed by atoms with E-state index in [-0.39, 0.29) is 24.2 Å². The van der Waals surface area contributed by atoms with Gasteiger partial charge in [0.1, 0.15) is 0 Å². The van der Waals surface area contributed by atoms with Gasteiger partial charge in [0.25, 0.3) is 0 Å². The highest BCUT2D eigenvalue weighted by atomic mass is 35.5. The third kappa shape index (κ3) is 4.01. The van der Waals surface area contributed by atoms with E-state index in [4.69, 9.17) is 11.6 Å². The lowest BCUT2D eigenvalue weighted by Gasteiger charge is -2.17. The highest BCUT2D eigenvalue weighted by molar-refractivity contribution is 6.31. The number of hydrogen-bond donors (Lipinski definition) is 1. The standard InChI is InChI=1S/C17H23ClN2O2/c1-3-4-5-8-19-17(22)13-9-16(21)20(11-13)14-7-6-12(2)15(18)10-14/h6-7,10,13H,3-5,8-9,11H2,1-2H3,(H,19,22)/t13-/m0/s1. The van der Waals surface area contributed by atoms with Gasteiger partial charge in [0.2, 0.25) is 11.8 Å². The van der Waals surface area contributed by atoms with Crippen LogP contribution < -0.4 is 10.2 Å². The van der Waals surface area contributed by atoms with E-state index in [2.05, 4.69) is 12.2 Å². The van der Waals surface area contributed by atoms with Gasteiger partial charge in [0, 0.05) is 30.2 Å². The van der Waals surface area contributed by atoms with Gasteiger partial charge in [-0.05, 0) is 31.0 Å². The summed E-state index contributed by atoms with van der Waals surface area (Å²) in [7, 11) is 0. The first-order valence-corrected chi connectivity index (χ1v) is 8.25. The molecule has 120 valence electrons. The number of carbonyl (C=O) groups excluding carboxylic acids is 2. The van der Waals surface area contributed by atoms with Gasteiger partial charge < -0.3 is 10.2 Å². The maximum Gasteiger partial charge on any atom is 0.227 e. The zero-order valence-corrected chi connectivity index (χ0v) is 13.9. The summed E-state index contributed by atoms with van der Waals surface area (Å²) in [5.74, 6) is -0.312. The fourth-order valence-corrected chi connectivity index (χ4v) is 2.79. The molecule has 0 aromatic heterocycles. The molecule has 1 aromatic carbocycles. The molecule has 0 spiro atoms. The largest absolute Gasteiger partial charge is 0.356 e. The van der Waals surface area contributed by atoms with Gasteiger partial charge in [-0.2, -0.15) is 0 Å². The average Bonchev–Trinajstić information content (AvgIpc) is 2.88. The topological polar surface area (TPSA) is 49.4 Å². The maximum atomic E-state index is 12.2. The molecule has 1 N–H and O–H groups in total. The second-order valence-electron chi connectivity index (χ2n) is 5.84. The second kappa shape index (κ2) is 7.63. The van der Waals surface area contributed by atoms with Gasteiger partial charge in [-0.15, -0.1) is 0 Å². The highest BCUT2D eigenvalue weighted by Crippen LogP contribution is 2.28. The quantitative estimate of drug-likeness (QED) is 0.817. The number of amides is 2. The number of halogens is 1. The Labute approximate surface area is 136 Å². The zero-order valence-electron chi connectivity index (χ0n) is 13.2. The summed E-state index contributed by atoms with van der Waals surface area (Å²) in [4.78, 5) is 26.0. The van der Waals surface area contributed by atoms with Crippen LogP contribution in [0.15, 0.2) is 18.2 Å². The predicted octanol–water partition coefficient (Wildman–Crippen LogP) is 3.31. The summed E-state index contributed by atoms with van der Waals surface area (Å²) < 4.78 is 0. The molecule has 1 atom stereocenters. The Morgan fingerprint density at radius 1 is 1.41 bits per heavy atom. The van der Waals surface area contributed by atoms with Crippen LogP contribution in [-0.2, 0) is 9.59 Å². The molecule has 0 radical (unpaired) electrons. The van der Waals surface area contributed by atoms with Gasteiger partial charge in [-0.1, -0.05) is 37.4 Å². The van der Waals surface area contributed by atoms with E-state index in [1.165, 1.54) is 0 Å². The van der Waals surface area contributed by atoms with Crippen LogP contribution in [0.3, 0.4) is 0 Å². The monoisotopic (exact) mass is 322 g/mol. The van der Waals surface area contributed by atoms with Crippen molar-refractivity contribution < 1.29 is 9.59 Å². The second-order valence-corrected chi connectivity index (χ2v) is 6.24. The predicted molar refractivity (Wildman–Crippen MR) is 89.2 cm³/mol. The first kappa shape index (κ1) is 16.8. The summed E-state index contributed by atoms with van der Waals surface area (Å²) in [6, 6.07) is 5.56. The zero-order chi connectivity index (χ0) is 16.1. The molecular weight excluding hydrogens is 300 g/mol. The van der Waals surface area contributed by atoms with Crippen molar-refractivity contribution in [2.24, 2.45) is 5.92 Å². The lowest BCUT2D eigenvalue weighted by molar-refractivity contribution is -0.126. The number of rotatable bonds is 6. The molecule has 0 bridgehead atoms. The Morgan fingerprint density at radius 3 is 2.86 bits per heavy atom. The maximum absolute atomic E-state index is 12.2. The van der Waals surface area contributed by atoms with E-state index in [0.717, 1.165) is 30.5 Å². The van der Waals surface area contributed by atoms with Crippen LogP contribution in [0.1, 0.15) is 38.2 Å². The van der Waals surface area contributed by atoms with Crippen molar-refractivity contribution in [3.8, 4) is 0 Å². The molecule has 1 aliphatic rings. The molecule has 4 nitrogen and oxygen atoms in total. The third-order valence-electron chi connectivity index (χ3n) is 4.04. The van der Waals surface area contributed by atoms with E-state index in [1.807, 2.05) is 19.1 Å². The fourth-order valence-electron chi connectivity index (χ4n) is 2.61. The van der Waals surface area contributed by atoms with E-state index >= 15 is 0 Å². The van der Waals surface area contributed by atoms with Crippen molar-refractivity contribution >= 4 is 29.1 Å². The average molecular weight is 323 g/mol. The molecule has 0 saturated carbocycles. The van der Waals surface area contributed by atoms with Crippen LogP contribution in [0.2, 0.25) is 5.02 Å². The molecule has 1 aromatic rings. The van der Waals surface area contributed by atoms with Gasteiger partial charge in [-0.3, -0.25) is 9.59 Å². The Kier molecular flexibility index (Phi) is 5.83. The molecular formula is C17H23ClN2O2. The van der Waals surface area contributed by atoms with Crippen LogP contribution in [0.25, 0.3) is 0 Å². The molecule has 1 saturated heterocycles. The summed E-state index contributed by atoms with van der Waals surface area (Å²) in [5.41, 5.74) is 1.74. The Morgan fingerprint density at radius 2 is 2.18 bits per heavy atom. The van der Waals surface area contributed by atoms with E-state index in [1.54, 1.807) is 11.0 Å². The molecule has 2 amide bonds. The van der Waals surface area contributed by atoms with Crippen LogP contribution in [0, 0.1) is 12.8 Å². The van der Waals surface area contributed by atoms with Crippen LogP contribution in [-0.4, -0.2) is 24.9 Å². The minimum Gasteiger partial charge on any atom is -0.356 e. The van der Waals surface area contributed by atoms with Crippen LogP contribution in [0.4, 0.5) is 5.69 Å². The van der Waals surface area contributed by atoms with Crippen molar-refractivity contribution in [3.05, 3.63) is 28.8 Å². The van der Waals surface area contributed by atoms with Gasteiger partial charge in [0.15, 0.2) is 0 Å². The minimum atomic E-state index is -0.269. The normalized spacial score (nSPS) is 17.9. The molecule has 22 heavy (non-hydrogen) atoms.